The van der Waals surface area contributed by atoms with Gasteiger partial charge in [0.2, 0.25) is 0 Å². The molecule has 90 valence electrons. The summed E-state index contributed by atoms with van der Waals surface area (Å²) in [5.74, 6) is 0.935. The summed E-state index contributed by atoms with van der Waals surface area (Å²) in [6.45, 7) is 3.66. The largest absolute Gasteiger partial charge is 0.494 e. The van der Waals surface area contributed by atoms with Crippen LogP contribution in [0.25, 0.3) is 10.9 Å². The summed E-state index contributed by atoms with van der Waals surface area (Å²) < 4.78 is 7.76. The van der Waals surface area contributed by atoms with Crippen molar-refractivity contribution in [2.24, 2.45) is 0 Å². The first-order valence-corrected chi connectivity index (χ1v) is 6.25. The van der Waals surface area contributed by atoms with E-state index in [2.05, 4.69) is 35.9 Å². The molecule has 0 spiro atoms. The van der Waals surface area contributed by atoms with Crippen molar-refractivity contribution in [1.29, 1.82) is 0 Å². The molecule has 1 heterocycles. The maximum absolute atomic E-state index is 5.61. The minimum Gasteiger partial charge on any atom is -0.494 e. The van der Waals surface area contributed by atoms with E-state index >= 15 is 0 Å². The zero-order valence-corrected chi connectivity index (χ0v) is 10.7. The van der Waals surface area contributed by atoms with Crippen molar-refractivity contribution in [2.75, 3.05) is 6.61 Å². The van der Waals surface area contributed by atoms with Crippen LogP contribution in [0.15, 0.2) is 42.1 Å². The second-order valence-corrected chi connectivity index (χ2v) is 4.15. The third-order valence-electron chi connectivity index (χ3n) is 2.61. The topological polar surface area (TPSA) is 14.2 Å². The summed E-state index contributed by atoms with van der Waals surface area (Å²) in [5, 5.41) is 1.20. The van der Waals surface area contributed by atoms with Gasteiger partial charge in [-0.2, -0.15) is 0 Å². The molecule has 1 aromatic heterocycles. The predicted molar refractivity (Wildman–Crippen MR) is 72.7 cm³/mol. The summed E-state index contributed by atoms with van der Waals surface area (Å²) in [5.41, 5.74) is 2.74. The van der Waals surface area contributed by atoms with E-state index < -0.39 is 0 Å². The van der Waals surface area contributed by atoms with E-state index in [1.807, 2.05) is 12.1 Å². The van der Waals surface area contributed by atoms with Gasteiger partial charge in [-0.25, -0.2) is 0 Å². The first-order chi connectivity index (χ1) is 8.35. The lowest BCUT2D eigenvalue weighted by Gasteiger charge is -2.05. The SMILES string of the molecule is CCCOc1ccc2c(ccn2C/C=C/Cl)c1. The Hall–Kier alpha value is -1.41. The van der Waals surface area contributed by atoms with Gasteiger partial charge in [0.25, 0.3) is 0 Å². The monoisotopic (exact) mass is 249 g/mol. The average Bonchev–Trinajstić information content (AvgIpc) is 2.76. The van der Waals surface area contributed by atoms with Crippen LogP contribution in [0.5, 0.6) is 5.75 Å². The van der Waals surface area contributed by atoms with Crippen LogP contribution in [0.3, 0.4) is 0 Å². The first kappa shape index (κ1) is 12.1. The van der Waals surface area contributed by atoms with Crippen molar-refractivity contribution in [1.82, 2.24) is 4.57 Å². The van der Waals surface area contributed by atoms with Crippen molar-refractivity contribution < 1.29 is 4.74 Å². The van der Waals surface area contributed by atoms with Crippen LogP contribution < -0.4 is 4.74 Å². The molecule has 0 saturated heterocycles. The third-order valence-corrected chi connectivity index (χ3v) is 2.78. The molecule has 0 aliphatic heterocycles. The number of rotatable bonds is 5. The first-order valence-electron chi connectivity index (χ1n) is 5.82. The van der Waals surface area contributed by atoms with E-state index in [9.17, 15) is 0 Å². The van der Waals surface area contributed by atoms with Gasteiger partial charge in [0.1, 0.15) is 5.75 Å². The second kappa shape index (κ2) is 5.78. The Labute approximate surface area is 106 Å². The number of halogens is 1. The highest BCUT2D eigenvalue weighted by molar-refractivity contribution is 6.25. The summed E-state index contributed by atoms with van der Waals surface area (Å²) in [4.78, 5) is 0. The molecule has 2 rings (SSSR count). The Morgan fingerprint density at radius 2 is 2.24 bits per heavy atom. The van der Waals surface area contributed by atoms with Crippen LogP contribution in [0.4, 0.5) is 0 Å². The molecule has 0 atom stereocenters. The molecule has 0 bridgehead atoms. The van der Waals surface area contributed by atoms with Crippen LogP contribution in [0, 0.1) is 0 Å². The van der Waals surface area contributed by atoms with E-state index in [-0.39, 0.29) is 0 Å². The number of ether oxygens (including phenoxy) is 1. The minimum absolute atomic E-state index is 0.765. The molecule has 0 N–H and O–H groups in total. The molecule has 0 saturated carbocycles. The van der Waals surface area contributed by atoms with Gasteiger partial charge in [0, 0.05) is 29.2 Å². The summed E-state index contributed by atoms with van der Waals surface area (Å²) >= 11 is 5.54. The maximum atomic E-state index is 5.61. The Balaban J connectivity index is 2.24. The Kier molecular flexibility index (Phi) is 4.10. The molecular weight excluding hydrogens is 234 g/mol. The molecule has 0 aliphatic rings. The fourth-order valence-corrected chi connectivity index (χ4v) is 1.88. The van der Waals surface area contributed by atoms with Gasteiger partial charge in [0.05, 0.1) is 6.61 Å². The molecule has 0 radical (unpaired) electrons. The minimum atomic E-state index is 0.765. The highest BCUT2D eigenvalue weighted by Crippen LogP contribution is 2.22. The normalized spacial score (nSPS) is 11.4. The lowest BCUT2D eigenvalue weighted by atomic mass is 10.2. The Morgan fingerprint density at radius 1 is 1.35 bits per heavy atom. The number of hydrogen-bond donors (Lipinski definition) is 0. The summed E-state index contributed by atoms with van der Waals surface area (Å²) in [6.07, 6.45) is 5.01. The van der Waals surface area contributed by atoms with Gasteiger partial charge in [-0.1, -0.05) is 24.6 Å². The zero-order valence-electron chi connectivity index (χ0n) is 9.90. The van der Waals surface area contributed by atoms with Crippen LogP contribution in [-0.2, 0) is 6.54 Å². The highest BCUT2D eigenvalue weighted by atomic mass is 35.5. The van der Waals surface area contributed by atoms with Crippen molar-refractivity contribution in [3.63, 3.8) is 0 Å². The smallest absolute Gasteiger partial charge is 0.120 e. The van der Waals surface area contributed by atoms with Crippen LogP contribution in [0.2, 0.25) is 0 Å². The fraction of sp³-hybridized carbons (Fsp3) is 0.286. The van der Waals surface area contributed by atoms with E-state index in [0.29, 0.717) is 0 Å². The average molecular weight is 250 g/mol. The number of nitrogens with zero attached hydrogens (tertiary/aromatic N) is 1. The van der Waals surface area contributed by atoms with E-state index in [0.717, 1.165) is 25.3 Å². The second-order valence-electron chi connectivity index (χ2n) is 3.90. The summed E-state index contributed by atoms with van der Waals surface area (Å²) in [7, 11) is 0. The third kappa shape index (κ3) is 2.83. The highest BCUT2D eigenvalue weighted by Gasteiger charge is 2.01. The van der Waals surface area contributed by atoms with Crippen LogP contribution >= 0.6 is 11.6 Å². The quantitative estimate of drug-likeness (QED) is 0.775. The van der Waals surface area contributed by atoms with Gasteiger partial charge < -0.3 is 9.30 Å². The molecule has 0 unspecified atom stereocenters. The van der Waals surface area contributed by atoms with Gasteiger partial charge in [-0.3, -0.25) is 0 Å². The van der Waals surface area contributed by atoms with E-state index in [1.54, 1.807) is 5.54 Å². The van der Waals surface area contributed by atoms with Crippen molar-refractivity contribution >= 4 is 22.5 Å². The number of aromatic nitrogens is 1. The van der Waals surface area contributed by atoms with Gasteiger partial charge >= 0.3 is 0 Å². The van der Waals surface area contributed by atoms with Crippen LogP contribution in [-0.4, -0.2) is 11.2 Å². The van der Waals surface area contributed by atoms with Crippen molar-refractivity contribution in [3.05, 3.63) is 42.1 Å². The van der Waals surface area contributed by atoms with Gasteiger partial charge in [0.15, 0.2) is 0 Å². The number of benzene rings is 1. The molecule has 3 heteroatoms. The van der Waals surface area contributed by atoms with E-state index in [4.69, 9.17) is 16.3 Å². The molecule has 0 aliphatic carbocycles. The predicted octanol–water partition coefficient (Wildman–Crippen LogP) is 4.18. The van der Waals surface area contributed by atoms with Gasteiger partial charge in [-0.15, -0.1) is 0 Å². The zero-order chi connectivity index (χ0) is 12.1. The molecule has 17 heavy (non-hydrogen) atoms. The maximum Gasteiger partial charge on any atom is 0.120 e. The molecular formula is C14H16ClNO. The van der Waals surface area contributed by atoms with Crippen molar-refractivity contribution in [2.45, 2.75) is 19.9 Å². The van der Waals surface area contributed by atoms with E-state index in [1.165, 1.54) is 10.9 Å². The van der Waals surface area contributed by atoms with Crippen LogP contribution in [0.1, 0.15) is 13.3 Å². The number of hydrogen-bond acceptors (Lipinski definition) is 1. The summed E-state index contributed by atoms with van der Waals surface area (Å²) in [6, 6.07) is 8.27. The number of allylic oxidation sites excluding steroid dienone is 1. The standard InChI is InChI=1S/C14H16ClNO/c1-2-10-17-13-4-5-14-12(11-13)6-9-16(14)8-3-7-15/h3-7,9,11H,2,8,10H2,1H3/b7-3+. The van der Waals surface area contributed by atoms with Crippen molar-refractivity contribution in [3.8, 4) is 5.75 Å². The molecule has 2 aromatic rings. The lowest BCUT2D eigenvalue weighted by molar-refractivity contribution is 0.318. The Morgan fingerprint density at radius 3 is 3.00 bits per heavy atom. The fourth-order valence-electron chi connectivity index (χ4n) is 1.80. The lowest BCUT2D eigenvalue weighted by Crippen LogP contribution is -1.95. The Bertz CT molecular complexity index is 516. The molecule has 0 fully saturated rings. The van der Waals surface area contributed by atoms with Gasteiger partial charge in [-0.05, 0) is 30.7 Å². The number of fused-ring (bicyclic) bond motifs is 1. The molecule has 2 nitrogen and oxygen atoms in total. The molecule has 1 aromatic carbocycles. The molecule has 0 amide bonds.